The maximum Gasteiger partial charge on any atom is 0.635 e. The summed E-state index contributed by atoms with van der Waals surface area (Å²) in [5.41, 5.74) is -0.341. The van der Waals surface area contributed by atoms with Crippen molar-refractivity contribution in [2.45, 2.75) is 25.4 Å². The van der Waals surface area contributed by atoms with E-state index in [4.69, 9.17) is 19.4 Å². The first-order valence-corrected chi connectivity index (χ1v) is 10.9. The van der Waals surface area contributed by atoms with Gasteiger partial charge in [0.15, 0.2) is 5.69 Å². The molecule has 0 radical (unpaired) electrons. The molecule has 4 N–H and O–H groups in total. The Balaban J connectivity index is 1.56. The molecule has 0 unspecified atom stereocenters. The third kappa shape index (κ3) is 8.03. The molecule has 2 aromatic carbocycles. The molecule has 0 aliphatic rings. The number of hydrogen-bond acceptors (Lipinski definition) is 8. The van der Waals surface area contributed by atoms with Gasteiger partial charge in [0.05, 0.1) is 31.0 Å². The molecule has 0 bridgehead atoms. The van der Waals surface area contributed by atoms with Gasteiger partial charge in [-0.25, -0.2) is 4.68 Å². The summed E-state index contributed by atoms with van der Waals surface area (Å²) in [6, 6.07) is 11.5. The SMILES string of the molecule is COc1cc(C(F)(F)F)ccc1C(=O)NCCn1cc(C(=O)N[C@@H](Cc2ccccc2)OB(O)O)nn1. The second-order valence-corrected chi connectivity index (χ2v) is 7.65. The van der Waals surface area contributed by atoms with Gasteiger partial charge in [0.2, 0.25) is 0 Å². The summed E-state index contributed by atoms with van der Waals surface area (Å²) >= 11 is 0. The zero-order valence-electron chi connectivity index (χ0n) is 19.5. The van der Waals surface area contributed by atoms with Crippen molar-refractivity contribution in [2.75, 3.05) is 13.7 Å². The second kappa shape index (κ2) is 12.3. The lowest BCUT2D eigenvalue weighted by atomic mass is 10.1. The van der Waals surface area contributed by atoms with Crippen LogP contribution in [0.4, 0.5) is 13.2 Å². The number of amides is 2. The molecule has 0 spiro atoms. The summed E-state index contributed by atoms with van der Waals surface area (Å²) in [6.45, 7) is 0.109. The molecule has 11 nitrogen and oxygen atoms in total. The highest BCUT2D eigenvalue weighted by molar-refractivity contribution is 6.32. The summed E-state index contributed by atoms with van der Waals surface area (Å²) in [4.78, 5) is 25.0. The number of alkyl halides is 3. The molecule has 1 heterocycles. The van der Waals surface area contributed by atoms with Crippen molar-refractivity contribution in [3.63, 3.8) is 0 Å². The van der Waals surface area contributed by atoms with Gasteiger partial charge in [-0.05, 0) is 23.8 Å². The number of carbonyl (C=O) groups is 2. The molecular formula is C22H23BF3N5O6. The number of nitrogens with zero attached hydrogens (tertiary/aromatic N) is 3. The van der Waals surface area contributed by atoms with E-state index in [1.165, 1.54) is 10.9 Å². The molecule has 3 aromatic rings. The van der Waals surface area contributed by atoms with E-state index in [2.05, 4.69) is 20.9 Å². The first-order valence-electron chi connectivity index (χ1n) is 10.9. The van der Waals surface area contributed by atoms with Crippen molar-refractivity contribution in [3.05, 3.63) is 77.1 Å². The molecule has 0 aliphatic carbocycles. The normalized spacial score (nSPS) is 12.1. The number of hydrogen-bond donors (Lipinski definition) is 4. The van der Waals surface area contributed by atoms with Gasteiger partial charge in [0.25, 0.3) is 11.8 Å². The zero-order valence-corrected chi connectivity index (χ0v) is 19.5. The van der Waals surface area contributed by atoms with Crippen LogP contribution in [0.1, 0.15) is 32.0 Å². The van der Waals surface area contributed by atoms with E-state index in [9.17, 15) is 22.8 Å². The minimum Gasteiger partial charge on any atom is -0.496 e. The van der Waals surface area contributed by atoms with Crippen molar-refractivity contribution in [1.82, 2.24) is 25.6 Å². The average molecular weight is 521 g/mol. The Morgan fingerprint density at radius 3 is 2.51 bits per heavy atom. The van der Waals surface area contributed by atoms with Crippen LogP contribution in [0.5, 0.6) is 5.75 Å². The fourth-order valence-electron chi connectivity index (χ4n) is 3.27. The van der Waals surface area contributed by atoms with E-state index in [1.807, 2.05) is 0 Å². The molecule has 0 saturated heterocycles. The van der Waals surface area contributed by atoms with Crippen LogP contribution in [-0.2, 0) is 23.8 Å². The molecule has 0 saturated carbocycles. The van der Waals surface area contributed by atoms with Gasteiger partial charge in [-0.2, -0.15) is 13.2 Å². The number of carbonyl (C=O) groups excluding carboxylic acids is 2. The number of halogens is 3. The number of methoxy groups -OCH3 is 1. The van der Waals surface area contributed by atoms with E-state index >= 15 is 0 Å². The summed E-state index contributed by atoms with van der Waals surface area (Å²) in [5, 5.41) is 30.9. The highest BCUT2D eigenvalue weighted by atomic mass is 19.4. The number of rotatable bonds is 11. The quantitative estimate of drug-likeness (QED) is 0.216. The predicted octanol–water partition coefficient (Wildman–Crippen LogP) is 1.02. The molecule has 196 valence electrons. The topological polar surface area (TPSA) is 148 Å². The van der Waals surface area contributed by atoms with Gasteiger partial charge >= 0.3 is 13.5 Å². The number of aromatic nitrogens is 3. The van der Waals surface area contributed by atoms with E-state index in [1.54, 1.807) is 30.3 Å². The molecule has 0 fully saturated rings. The number of nitrogens with one attached hydrogen (secondary N) is 2. The smallest absolute Gasteiger partial charge is 0.496 e. The fourth-order valence-corrected chi connectivity index (χ4v) is 3.27. The lowest BCUT2D eigenvalue weighted by Crippen LogP contribution is -2.42. The monoisotopic (exact) mass is 521 g/mol. The summed E-state index contributed by atoms with van der Waals surface area (Å²) in [7, 11) is -0.957. The lowest BCUT2D eigenvalue weighted by molar-refractivity contribution is -0.137. The molecular weight excluding hydrogens is 498 g/mol. The van der Waals surface area contributed by atoms with Crippen LogP contribution in [0.2, 0.25) is 0 Å². The maximum absolute atomic E-state index is 12.9. The van der Waals surface area contributed by atoms with E-state index in [-0.39, 0.29) is 36.5 Å². The van der Waals surface area contributed by atoms with Crippen LogP contribution in [0, 0.1) is 0 Å². The van der Waals surface area contributed by atoms with Crippen LogP contribution in [0.3, 0.4) is 0 Å². The molecule has 1 atom stereocenters. The first kappa shape index (κ1) is 27.6. The number of benzene rings is 2. The predicted molar refractivity (Wildman–Crippen MR) is 123 cm³/mol. The Morgan fingerprint density at radius 1 is 1.14 bits per heavy atom. The molecule has 15 heteroatoms. The summed E-state index contributed by atoms with van der Waals surface area (Å²) in [6.07, 6.45) is -4.20. The molecule has 0 aliphatic heterocycles. The van der Waals surface area contributed by atoms with Crippen LogP contribution >= 0.6 is 0 Å². The van der Waals surface area contributed by atoms with E-state index in [0.717, 1.165) is 30.9 Å². The third-order valence-electron chi connectivity index (χ3n) is 5.01. The highest BCUT2D eigenvalue weighted by Gasteiger charge is 2.32. The van der Waals surface area contributed by atoms with Gasteiger partial charge in [0, 0.05) is 13.0 Å². The van der Waals surface area contributed by atoms with Crippen molar-refractivity contribution in [3.8, 4) is 5.75 Å². The van der Waals surface area contributed by atoms with Crippen molar-refractivity contribution in [2.24, 2.45) is 0 Å². The first-order chi connectivity index (χ1) is 17.6. The maximum atomic E-state index is 12.9. The van der Waals surface area contributed by atoms with Crippen molar-refractivity contribution >= 4 is 19.1 Å². The zero-order chi connectivity index (χ0) is 27.0. The van der Waals surface area contributed by atoms with Gasteiger partial charge in [-0.15, -0.1) is 5.10 Å². The Bertz CT molecular complexity index is 1210. The van der Waals surface area contributed by atoms with Crippen molar-refractivity contribution < 1.29 is 42.2 Å². The standard InChI is InChI=1S/C22H23BF3N5O6/c1-36-18-12-15(22(24,25)26)7-8-16(18)20(32)27-9-10-31-13-17(29-30-31)21(33)28-19(37-23(34)35)11-14-5-3-2-4-6-14/h2-8,12-13,19,34-35H,9-11H2,1H3,(H,27,32)(H,28,33)/t19-/m1/s1. The molecule has 37 heavy (non-hydrogen) atoms. The summed E-state index contributed by atoms with van der Waals surface area (Å²) in [5.74, 6) is -1.58. The minimum absolute atomic E-state index is 0.0177. The van der Waals surface area contributed by atoms with Crippen LogP contribution in [0.25, 0.3) is 0 Å². The van der Waals surface area contributed by atoms with E-state index in [0.29, 0.717) is 0 Å². The van der Waals surface area contributed by atoms with Crippen molar-refractivity contribution in [1.29, 1.82) is 0 Å². The molecule has 2 amide bonds. The number of ether oxygens (including phenoxy) is 1. The summed E-state index contributed by atoms with van der Waals surface area (Å²) < 4.78 is 49.8. The fraction of sp³-hybridized carbons (Fsp3) is 0.273. The van der Waals surface area contributed by atoms with Crippen LogP contribution < -0.4 is 15.4 Å². The molecule has 3 rings (SSSR count). The van der Waals surface area contributed by atoms with Gasteiger partial charge in [-0.3, -0.25) is 9.59 Å². The third-order valence-corrected chi connectivity index (χ3v) is 5.01. The Labute approximate surface area is 209 Å². The average Bonchev–Trinajstić information content (AvgIpc) is 3.32. The van der Waals surface area contributed by atoms with Gasteiger partial charge in [0.1, 0.15) is 12.0 Å². The van der Waals surface area contributed by atoms with E-state index < -0.39 is 37.1 Å². The lowest BCUT2D eigenvalue weighted by Gasteiger charge is -2.18. The Kier molecular flexibility index (Phi) is 9.22. The Hall–Kier alpha value is -3.95. The minimum atomic E-state index is -4.58. The van der Waals surface area contributed by atoms with Gasteiger partial charge in [-0.1, -0.05) is 35.5 Å². The van der Waals surface area contributed by atoms with Crippen LogP contribution in [0.15, 0.2) is 54.7 Å². The largest absolute Gasteiger partial charge is 0.635 e. The van der Waals surface area contributed by atoms with Gasteiger partial charge < -0.3 is 30.1 Å². The Morgan fingerprint density at radius 2 is 1.86 bits per heavy atom. The highest BCUT2D eigenvalue weighted by Crippen LogP contribution is 2.33. The second-order valence-electron chi connectivity index (χ2n) is 7.65. The molecule has 1 aromatic heterocycles. The van der Waals surface area contributed by atoms with Crippen LogP contribution in [-0.4, -0.2) is 64.1 Å².